The number of carbonyl (C=O) groups is 1. The van der Waals surface area contributed by atoms with E-state index in [9.17, 15) is 4.79 Å². The van der Waals surface area contributed by atoms with Crippen LogP contribution in [0.3, 0.4) is 0 Å². The standard InChI is InChI=1S/C12H18N2O/c1-4-8-13-12-7-6-10(9(3)14-12)11(15)5-2/h6-7H,4-5,8H2,1-3H3,(H,13,14). The average molecular weight is 206 g/mol. The van der Waals surface area contributed by atoms with Crippen molar-refractivity contribution in [3.8, 4) is 0 Å². The third kappa shape index (κ3) is 3.05. The number of carbonyl (C=O) groups excluding carboxylic acids is 1. The number of anilines is 1. The minimum absolute atomic E-state index is 0.155. The highest BCUT2D eigenvalue weighted by molar-refractivity contribution is 5.96. The lowest BCUT2D eigenvalue weighted by Crippen LogP contribution is -2.06. The normalized spacial score (nSPS) is 10.1. The van der Waals surface area contributed by atoms with Crippen LogP contribution in [0.4, 0.5) is 5.82 Å². The molecular formula is C12H18N2O. The molecule has 1 heterocycles. The molecule has 0 atom stereocenters. The van der Waals surface area contributed by atoms with Crippen LogP contribution in [0.15, 0.2) is 12.1 Å². The Morgan fingerprint density at radius 2 is 2.13 bits per heavy atom. The molecule has 0 aliphatic carbocycles. The molecule has 0 aliphatic heterocycles. The van der Waals surface area contributed by atoms with Crippen LogP contribution in [0, 0.1) is 6.92 Å². The predicted octanol–water partition coefficient (Wildman–Crippen LogP) is 2.80. The maximum Gasteiger partial charge on any atom is 0.164 e. The molecule has 0 bridgehead atoms. The van der Waals surface area contributed by atoms with Gasteiger partial charge in [0.25, 0.3) is 0 Å². The van der Waals surface area contributed by atoms with Crippen molar-refractivity contribution in [1.29, 1.82) is 0 Å². The number of aromatic nitrogens is 1. The minimum Gasteiger partial charge on any atom is -0.370 e. The van der Waals surface area contributed by atoms with Gasteiger partial charge in [0.2, 0.25) is 0 Å². The van der Waals surface area contributed by atoms with E-state index in [2.05, 4.69) is 17.2 Å². The molecule has 1 aromatic heterocycles. The average Bonchev–Trinajstić information content (AvgIpc) is 2.25. The monoisotopic (exact) mass is 206 g/mol. The molecule has 3 heteroatoms. The maximum absolute atomic E-state index is 11.5. The lowest BCUT2D eigenvalue weighted by molar-refractivity contribution is 0.0987. The highest BCUT2D eigenvalue weighted by atomic mass is 16.1. The van der Waals surface area contributed by atoms with E-state index < -0.39 is 0 Å². The summed E-state index contributed by atoms with van der Waals surface area (Å²) in [6.45, 7) is 6.76. The second-order valence-corrected chi connectivity index (χ2v) is 3.53. The van der Waals surface area contributed by atoms with Crippen LogP contribution in [-0.4, -0.2) is 17.3 Å². The van der Waals surface area contributed by atoms with Crippen LogP contribution in [0.25, 0.3) is 0 Å². The zero-order valence-corrected chi connectivity index (χ0v) is 9.63. The van der Waals surface area contributed by atoms with Gasteiger partial charge < -0.3 is 5.32 Å². The molecule has 1 aromatic rings. The molecule has 15 heavy (non-hydrogen) atoms. The number of nitrogens with zero attached hydrogens (tertiary/aromatic N) is 1. The van der Waals surface area contributed by atoms with Crippen molar-refractivity contribution >= 4 is 11.6 Å². The number of nitrogens with one attached hydrogen (secondary N) is 1. The van der Waals surface area contributed by atoms with Gasteiger partial charge in [0.15, 0.2) is 5.78 Å². The lowest BCUT2D eigenvalue weighted by Gasteiger charge is -2.07. The van der Waals surface area contributed by atoms with Crippen molar-refractivity contribution in [3.05, 3.63) is 23.4 Å². The number of rotatable bonds is 5. The second kappa shape index (κ2) is 5.49. The van der Waals surface area contributed by atoms with E-state index in [1.165, 1.54) is 0 Å². The second-order valence-electron chi connectivity index (χ2n) is 3.53. The molecule has 0 aliphatic rings. The SMILES string of the molecule is CCCNc1ccc(C(=O)CC)c(C)n1. The van der Waals surface area contributed by atoms with Gasteiger partial charge in [-0.25, -0.2) is 4.98 Å². The molecule has 0 aromatic carbocycles. The van der Waals surface area contributed by atoms with Crippen molar-refractivity contribution in [1.82, 2.24) is 4.98 Å². The first kappa shape index (κ1) is 11.7. The minimum atomic E-state index is 0.155. The number of Topliss-reactive ketones (excluding diaryl/α,β-unsaturated/α-hetero) is 1. The van der Waals surface area contributed by atoms with Gasteiger partial charge in [-0.1, -0.05) is 13.8 Å². The molecule has 3 nitrogen and oxygen atoms in total. The fourth-order valence-corrected chi connectivity index (χ4v) is 1.40. The molecule has 0 saturated carbocycles. The quantitative estimate of drug-likeness (QED) is 0.753. The van der Waals surface area contributed by atoms with E-state index in [1.807, 2.05) is 26.0 Å². The van der Waals surface area contributed by atoms with E-state index >= 15 is 0 Å². The summed E-state index contributed by atoms with van der Waals surface area (Å²) in [5.74, 6) is 1.00. The number of ketones is 1. The highest BCUT2D eigenvalue weighted by Crippen LogP contribution is 2.12. The molecule has 0 saturated heterocycles. The highest BCUT2D eigenvalue weighted by Gasteiger charge is 2.07. The molecule has 82 valence electrons. The first-order chi connectivity index (χ1) is 7.19. The van der Waals surface area contributed by atoms with Crippen LogP contribution in [0.1, 0.15) is 42.7 Å². The van der Waals surface area contributed by atoms with Gasteiger partial charge in [-0.05, 0) is 25.5 Å². The first-order valence-corrected chi connectivity index (χ1v) is 5.43. The summed E-state index contributed by atoms with van der Waals surface area (Å²) in [6.07, 6.45) is 1.60. The number of hydrogen-bond acceptors (Lipinski definition) is 3. The third-order valence-corrected chi connectivity index (χ3v) is 2.26. The van der Waals surface area contributed by atoms with Crippen molar-refractivity contribution < 1.29 is 4.79 Å². The largest absolute Gasteiger partial charge is 0.370 e. The molecule has 1 N–H and O–H groups in total. The smallest absolute Gasteiger partial charge is 0.164 e. The Morgan fingerprint density at radius 3 is 2.67 bits per heavy atom. The molecule has 1 rings (SSSR count). The van der Waals surface area contributed by atoms with Crippen molar-refractivity contribution in [3.63, 3.8) is 0 Å². The zero-order valence-electron chi connectivity index (χ0n) is 9.63. The molecule has 0 unspecified atom stereocenters. The topological polar surface area (TPSA) is 42.0 Å². The van der Waals surface area contributed by atoms with Crippen molar-refractivity contribution in [2.24, 2.45) is 0 Å². The summed E-state index contributed by atoms with van der Waals surface area (Å²) in [4.78, 5) is 15.8. The summed E-state index contributed by atoms with van der Waals surface area (Å²) in [7, 11) is 0. The van der Waals surface area contributed by atoms with Crippen LogP contribution >= 0.6 is 0 Å². The maximum atomic E-state index is 11.5. The van der Waals surface area contributed by atoms with Gasteiger partial charge in [-0.15, -0.1) is 0 Å². The van der Waals surface area contributed by atoms with E-state index in [-0.39, 0.29) is 5.78 Å². The summed E-state index contributed by atoms with van der Waals surface area (Å²) in [5, 5.41) is 3.20. The Hall–Kier alpha value is -1.38. The number of pyridine rings is 1. The van der Waals surface area contributed by atoms with E-state index in [0.717, 1.165) is 30.0 Å². The lowest BCUT2D eigenvalue weighted by atomic mass is 10.1. The first-order valence-electron chi connectivity index (χ1n) is 5.43. The van der Waals surface area contributed by atoms with Crippen molar-refractivity contribution in [2.45, 2.75) is 33.6 Å². The summed E-state index contributed by atoms with van der Waals surface area (Å²) in [5.41, 5.74) is 1.54. The van der Waals surface area contributed by atoms with Gasteiger partial charge in [-0.3, -0.25) is 4.79 Å². The Kier molecular flexibility index (Phi) is 4.28. The van der Waals surface area contributed by atoms with Gasteiger partial charge >= 0.3 is 0 Å². The van der Waals surface area contributed by atoms with Crippen LogP contribution in [0.2, 0.25) is 0 Å². The summed E-state index contributed by atoms with van der Waals surface area (Å²) < 4.78 is 0. The van der Waals surface area contributed by atoms with Gasteiger partial charge in [-0.2, -0.15) is 0 Å². The van der Waals surface area contributed by atoms with Gasteiger partial charge in [0.1, 0.15) is 5.82 Å². The van der Waals surface area contributed by atoms with Gasteiger partial charge in [0.05, 0.1) is 5.69 Å². The van der Waals surface area contributed by atoms with E-state index in [4.69, 9.17) is 0 Å². The molecule has 0 radical (unpaired) electrons. The fraction of sp³-hybridized carbons (Fsp3) is 0.500. The number of hydrogen-bond donors (Lipinski definition) is 1. The number of aryl methyl sites for hydroxylation is 1. The third-order valence-electron chi connectivity index (χ3n) is 2.26. The van der Waals surface area contributed by atoms with Crippen LogP contribution in [0.5, 0.6) is 0 Å². The van der Waals surface area contributed by atoms with E-state index in [1.54, 1.807) is 0 Å². The fourth-order valence-electron chi connectivity index (χ4n) is 1.40. The molecule has 0 spiro atoms. The van der Waals surface area contributed by atoms with Gasteiger partial charge in [0, 0.05) is 18.5 Å². The summed E-state index contributed by atoms with van der Waals surface area (Å²) in [6, 6.07) is 3.72. The Morgan fingerprint density at radius 1 is 1.40 bits per heavy atom. The Balaban J connectivity index is 2.83. The zero-order chi connectivity index (χ0) is 11.3. The Bertz CT molecular complexity index is 347. The Labute approximate surface area is 90.9 Å². The molecule has 0 amide bonds. The predicted molar refractivity (Wildman–Crippen MR) is 62.4 cm³/mol. The van der Waals surface area contributed by atoms with E-state index in [0.29, 0.717) is 6.42 Å². The van der Waals surface area contributed by atoms with Crippen molar-refractivity contribution in [2.75, 3.05) is 11.9 Å². The molecule has 0 fully saturated rings. The summed E-state index contributed by atoms with van der Waals surface area (Å²) >= 11 is 0. The van der Waals surface area contributed by atoms with Crippen LogP contribution < -0.4 is 5.32 Å². The van der Waals surface area contributed by atoms with Crippen LogP contribution in [-0.2, 0) is 0 Å². The molecular weight excluding hydrogens is 188 g/mol.